The minimum atomic E-state index is -0.284. The predicted octanol–water partition coefficient (Wildman–Crippen LogP) is 9.42. The molecular weight excluding hydrogens is 544 g/mol. The lowest BCUT2D eigenvalue weighted by atomic mass is 9.92. The summed E-state index contributed by atoms with van der Waals surface area (Å²) in [5.41, 5.74) is 0.597. The molecule has 44 heavy (non-hydrogen) atoms. The summed E-state index contributed by atoms with van der Waals surface area (Å²) in [6.45, 7) is 52.7. The highest BCUT2D eigenvalue weighted by Crippen LogP contribution is 2.22. The molecule has 0 saturated heterocycles. The van der Waals surface area contributed by atoms with Crippen LogP contribution in [0, 0.1) is 21.7 Å². The zero-order valence-electron chi connectivity index (χ0n) is 35.1. The van der Waals surface area contributed by atoms with Gasteiger partial charge in [-0.05, 0) is 101 Å². The average Bonchev–Trinajstić information content (AvgIpc) is 2.66. The van der Waals surface area contributed by atoms with Crippen LogP contribution in [-0.2, 0) is 9.59 Å². The van der Waals surface area contributed by atoms with E-state index in [1.807, 2.05) is 90.1 Å². The number of nitrogens with zero attached hydrogens (tertiary/aromatic N) is 2. The lowest BCUT2D eigenvalue weighted by Crippen LogP contribution is -2.47. The van der Waals surface area contributed by atoms with Gasteiger partial charge in [0.25, 0.3) is 0 Å². The van der Waals surface area contributed by atoms with Gasteiger partial charge in [0.1, 0.15) is 0 Å². The maximum atomic E-state index is 11.7. The summed E-state index contributed by atoms with van der Waals surface area (Å²) < 4.78 is 0. The summed E-state index contributed by atoms with van der Waals surface area (Å²) in [7, 11) is 4.04. The van der Waals surface area contributed by atoms with E-state index < -0.39 is 0 Å². The molecule has 6 heteroatoms. The summed E-state index contributed by atoms with van der Waals surface area (Å²) in [5, 5.41) is 6.38. The van der Waals surface area contributed by atoms with Gasteiger partial charge in [-0.25, -0.2) is 0 Å². The van der Waals surface area contributed by atoms with E-state index in [1.165, 1.54) is 0 Å². The fourth-order valence-electron chi connectivity index (χ4n) is 2.81. The van der Waals surface area contributed by atoms with Crippen molar-refractivity contribution in [3.8, 4) is 0 Å². The van der Waals surface area contributed by atoms with Crippen molar-refractivity contribution in [2.45, 2.75) is 188 Å². The Kier molecular flexibility index (Phi) is 20.0. The first kappa shape index (κ1) is 49.7. The first-order valence-electron chi connectivity index (χ1n) is 16.6. The highest BCUT2D eigenvalue weighted by molar-refractivity contribution is 5.82. The number of hydrogen-bond donors (Lipinski definition) is 2. The summed E-state index contributed by atoms with van der Waals surface area (Å²) in [5.74, 6) is 0.292. The maximum absolute atomic E-state index is 11.7. The third kappa shape index (κ3) is 33.7. The van der Waals surface area contributed by atoms with Crippen molar-refractivity contribution in [1.82, 2.24) is 20.4 Å². The molecule has 0 fully saturated rings. The molecule has 0 unspecified atom stereocenters. The Balaban J connectivity index is -0.000000243. The number of hydrogen-bond acceptors (Lipinski definition) is 4. The lowest BCUT2D eigenvalue weighted by molar-refractivity contribution is -0.142. The third-order valence-electron chi connectivity index (χ3n) is 6.13. The largest absolute Gasteiger partial charge is 0.351 e. The van der Waals surface area contributed by atoms with Crippen LogP contribution < -0.4 is 10.6 Å². The quantitative estimate of drug-likeness (QED) is 0.320. The van der Waals surface area contributed by atoms with Crippen LogP contribution in [0.15, 0.2) is 0 Å². The van der Waals surface area contributed by atoms with Gasteiger partial charge in [-0.1, -0.05) is 83.1 Å². The van der Waals surface area contributed by atoms with Gasteiger partial charge in [-0.2, -0.15) is 0 Å². The maximum Gasteiger partial charge on any atom is 0.228 e. The van der Waals surface area contributed by atoms with Crippen LogP contribution in [0.1, 0.15) is 166 Å². The highest BCUT2D eigenvalue weighted by atomic mass is 16.2. The molecule has 0 saturated carbocycles. The van der Waals surface area contributed by atoms with E-state index in [4.69, 9.17) is 0 Å². The zero-order valence-corrected chi connectivity index (χ0v) is 35.1. The summed E-state index contributed by atoms with van der Waals surface area (Å²) >= 11 is 0. The van der Waals surface area contributed by atoms with E-state index in [9.17, 15) is 9.59 Å². The zero-order chi connectivity index (χ0) is 37.1. The smallest absolute Gasteiger partial charge is 0.228 e. The van der Waals surface area contributed by atoms with E-state index in [2.05, 4.69) is 106 Å². The number of amides is 2. The van der Waals surface area contributed by atoms with Crippen molar-refractivity contribution in [2.24, 2.45) is 21.7 Å². The Bertz CT molecular complexity index is 791. The van der Waals surface area contributed by atoms with E-state index >= 15 is 0 Å². The Labute approximate surface area is 278 Å². The monoisotopic (exact) mass is 629 g/mol. The van der Waals surface area contributed by atoms with E-state index in [1.54, 1.807) is 4.90 Å². The van der Waals surface area contributed by atoms with Crippen molar-refractivity contribution < 1.29 is 9.59 Å². The molecule has 0 radical (unpaired) electrons. The van der Waals surface area contributed by atoms with Crippen LogP contribution >= 0.6 is 0 Å². The van der Waals surface area contributed by atoms with Crippen LogP contribution in [0.5, 0.6) is 0 Å². The van der Waals surface area contributed by atoms with Crippen LogP contribution in [-0.4, -0.2) is 71.0 Å². The molecule has 0 bridgehead atoms. The van der Waals surface area contributed by atoms with Crippen molar-refractivity contribution in [3.63, 3.8) is 0 Å². The Morgan fingerprint density at radius 3 is 0.955 bits per heavy atom. The van der Waals surface area contributed by atoms with Gasteiger partial charge in [0.15, 0.2) is 0 Å². The van der Waals surface area contributed by atoms with Gasteiger partial charge in [-0.3, -0.25) is 9.59 Å². The van der Waals surface area contributed by atoms with Crippen LogP contribution in [0.4, 0.5) is 0 Å². The highest BCUT2D eigenvalue weighted by Gasteiger charge is 2.31. The van der Waals surface area contributed by atoms with E-state index in [0.29, 0.717) is 16.4 Å². The topological polar surface area (TPSA) is 64.7 Å². The first-order valence-corrected chi connectivity index (χ1v) is 16.6. The van der Waals surface area contributed by atoms with Crippen LogP contribution in [0.2, 0.25) is 0 Å². The lowest BCUT2D eigenvalue weighted by Gasteiger charge is -2.36. The normalized spacial score (nSPS) is 13.4. The molecule has 0 aromatic carbocycles. The molecule has 0 aliphatic carbocycles. The molecule has 0 aromatic rings. The molecule has 0 aliphatic rings. The van der Waals surface area contributed by atoms with Crippen molar-refractivity contribution in [3.05, 3.63) is 0 Å². The number of carbonyl (C=O) groups is 2. The van der Waals surface area contributed by atoms with Gasteiger partial charge < -0.3 is 20.4 Å². The van der Waals surface area contributed by atoms with Crippen molar-refractivity contribution in [2.75, 3.05) is 27.2 Å². The van der Waals surface area contributed by atoms with Crippen LogP contribution in [0.25, 0.3) is 0 Å². The second-order valence-corrected chi connectivity index (χ2v) is 21.0. The Morgan fingerprint density at radius 1 is 0.500 bits per heavy atom. The molecule has 0 spiro atoms. The second kappa shape index (κ2) is 17.7. The summed E-state index contributed by atoms with van der Waals surface area (Å²) in [6, 6.07) is 0. The third-order valence-corrected chi connectivity index (χ3v) is 6.13. The van der Waals surface area contributed by atoms with Gasteiger partial charge in [0, 0.05) is 53.1 Å². The molecule has 2 amide bonds. The Hall–Kier alpha value is -1.14. The summed E-state index contributed by atoms with van der Waals surface area (Å²) in [4.78, 5) is 27.3. The van der Waals surface area contributed by atoms with Gasteiger partial charge in [-0.15, -0.1) is 0 Å². The molecule has 0 rings (SSSR count). The van der Waals surface area contributed by atoms with E-state index in [-0.39, 0.29) is 39.3 Å². The van der Waals surface area contributed by atoms with Gasteiger partial charge in [0.05, 0.1) is 0 Å². The predicted molar refractivity (Wildman–Crippen MR) is 198 cm³/mol. The molecule has 0 atom stereocenters. The van der Waals surface area contributed by atoms with Crippen molar-refractivity contribution >= 4 is 11.8 Å². The fourth-order valence-corrected chi connectivity index (χ4v) is 2.81. The van der Waals surface area contributed by atoms with E-state index in [0.717, 1.165) is 13.1 Å². The van der Waals surface area contributed by atoms with Gasteiger partial charge >= 0.3 is 0 Å². The van der Waals surface area contributed by atoms with Crippen molar-refractivity contribution in [1.29, 1.82) is 0 Å². The minimum absolute atomic E-state index is 0.0790. The fraction of sp³-hybridized carbons (Fsp3) is 0.947. The molecule has 0 heterocycles. The molecular formula is C38H84N4O2. The molecule has 0 aliphatic heterocycles. The second-order valence-electron chi connectivity index (χ2n) is 21.0. The van der Waals surface area contributed by atoms with Gasteiger partial charge in [0.2, 0.25) is 11.8 Å². The molecule has 0 aromatic heterocycles. The van der Waals surface area contributed by atoms with Crippen LogP contribution in [0.3, 0.4) is 0 Å². The number of carbonyl (C=O) groups excluding carboxylic acids is 2. The molecule has 2 N–H and O–H groups in total. The molecule has 6 nitrogen and oxygen atoms in total. The standard InChI is InChI=1S/C10H21NO.C10H23N.C9H19NO.C9H21N/c1-9(2,3)8(12)11(7)10(4,5)6;1-9(2,3)8-11(7)10(4,5)6;1-8(2,3)7(11)10-9(4,5)6;1-8(2,3)7-10-9(4,5)6/h1-7H3;8H2,1-7H3;1-6H3,(H,10,11);10H,7H2,1-6H3. The number of rotatable bonds is 2. The minimum Gasteiger partial charge on any atom is -0.351 e. The Morgan fingerprint density at radius 2 is 0.864 bits per heavy atom. The molecule has 268 valence electrons. The summed E-state index contributed by atoms with van der Waals surface area (Å²) in [6.07, 6.45) is 0. The average molecular weight is 629 g/mol. The number of nitrogens with one attached hydrogen (secondary N) is 2. The SMILES string of the molecule is CC(C)(C)CNC(C)(C)C.CC(C)(C)NC(=O)C(C)(C)C.CN(C(=O)C(C)(C)C)C(C)(C)C.CN(CC(C)(C)C)C(C)(C)C. The first-order chi connectivity index (χ1) is 18.5.